The zero-order valence-electron chi connectivity index (χ0n) is 18.2. The van der Waals surface area contributed by atoms with Gasteiger partial charge < -0.3 is 9.64 Å². The van der Waals surface area contributed by atoms with E-state index < -0.39 is 0 Å². The summed E-state index contributed by atoms with van der Waals surface area (Å²) in [6.07, 6.45) is 0.565. The van der Waals surface area contributed by atoms with Gasteiger partial charge in [-0.1, -0.05) is 24.3 Å². The highest BCUT2D eigenvalue weighted by molar-refractivity contribution is 7.16. The van der Waals surface area contributed by atoms with Gasteiger partial charge in [-0.05, 0) is 46.8 Å². The van der Waals surface area contributed by atoms with E-state index in [0.29, 0.717) is 25.6 Å². The Balaban J connectivity index is 1.46. The third kappa shape index (κ3) is 3.91. The molecular formula is C25H21F2N5OS. The molecule has 4 heterocycles. The largest absolute Gasteiger partial charge is 0.378 e. The lowest BCUT2D eigenvalue weighted by Crippen LogP contribution is -2.37. The monoisotopic (exact) mass is 477 g/mol. The summed E-state index contributed by atoms with van der Waals surface area (Å²) in [5, 5.41) is 9.73. The van der Waals surface area contributed by atoms with Crippen LogP contribution in [0.4, 0.5) is 20.5 Å². The van der Waals surface area contributed by atoms with Gasteiger partial charge in [-0.2, -0.15) is 10.1 Å². The summed E-state index contributed by atoms with van der Waals surface area (Å²) < 4.78 is 32.7. The van der Waals surface area contributed by atoms with Gasteiger partial charge in [0.25, 0.3) is 0 Å². The van der Waals surface area contributed by atoms with Crippen molar-refractivity contribution in [2.24, 2.45) is 5.10 Å². The Hall–Kier alpha value is -3.43. The zero-order valence-corrected chi connectivity index (χ0v) is 19.0. The van der Waals surface area contributed by atoms with E-state index in [1.54, 1.807) is 35.6 Å². The van der Waals surface area contributed by atoms with Crippen LogP contribution in [0.15, 0.2) is 65.1 Å². The Morgan fingerprint density at radius 2 is 1.59 bits per heavy atom. The number of hydrazone groups is 1. The molecule has 6 nitrogen and oxygen atoms in total. The number of thiophene rings is 1. The van der Waals surface area contributed by atoms with E-state index in [1.165, 1.54) is 24.3 Å². The van der Waals surface area contributed by atoms with Gasteiger partial charge in [0.15, 0.2) is 0 Å². The lowest BCUT2D eigenvalue weighted by Gasteiger charge is -2.29. The van der Waals surface area contributed by atoms with Crippen molar-refractivity contribution in [1.29, 1.82) is 0 Å². The number of hydrogen-bond acceptors (Lipinski definition) is 7. The number of aromatic nitrogens is 2. The molecule has 2 aromatic heterocycles. The Labute approximate surface area is 199 Å². The van der Waals surface area contributed by atoms with Gasteiger partial charge in [0, 0.05) is 19.5 Å². The van der Waals surface area contributed by atoms with Crippen LogP contribution in [-0.2, 0) is 4.74 Å². The summed E-state index contributed by atoms with van der Waals surface area (Å²) in [7, 11) is 0. The zero-order chi connectivity index (χ0) is 23.1. The number of rotatable bonds is 4. The van der Waals surface area contributed by atoms with E-state index in [1.807, 2.05) is 16.5 Å². The molecular weight excluding hydrogens is 456 g/mol. The summed E-state index contributed by atoms with van der Waals surface area (Å²) in [5.74, 6) is 0.769. The number of ether oxygens (including phenoxy) is 1. The van der Waals surface area contributed by atoms with E-state index >= 15 is 0 Å². The fraction of sp³-hybridized carbons (Fsp3) is 0.240. The first-order chi connectivity index (χ1) is 16.7. The number of morpholine rings is 1. The highest BCUT2D eigenvalue weighted by atomic mass is 32.1. The quantitative estimate of drug-likeness (QED) is 0.406. The normalized spacial score (nSPS) is 18.5. The summed E-state index contributed by atoms with van der Waals surface area (Å²) in [6.45, 7) is 2.82. The highest BCUT2D eigenvalue weighted by Crippen LogP contribution is 2.38. The van der Waals surface area contributed by atoms with Crippen LogP contribution in [0.2, 0.25) is 0 Å². The Morgan fingerprint density at radius 1 is 0.882 bits per heavy atom. The SMILES string of the molecule is Fc1ccc(C2=NN(c3nc(N4CCOCC4)c4ccsc4n3)C(c3ccc(F)cc3)C2)cc1. The number of nitrogens with zero attached hydrogens (tertiary/aromatic N) is 5. The molecule has 0 aliphatic carbocycles. The molecule has 172 valence electrons. The van der Waals surface area contributed by atoms with Gasteiger partial charge in [0.1, 0.15) is 22.3 Å². The van der Waals surface area contributed by atoms with Crippen LogP contribution < -0.4 is 9.91 Å². The Morgan fingerprint density at radius 3 is 2.32 bits per heavy atom. The molecule has 1 saturated heterocycles. The van der Waals surface area contributed by atoms with Gasteiger partial charge in [0.2, 0.25) is 5.95 Å². The van der Waals surface area contributed by atoms with Crippen molar-refractivity contribution < 1.29 is 13.5 Å². The van der Waals surface area contributed by atoms with E-state index in [2.05, 4.69) is 4.90 Å². The van der Waals surface area contributed by atoms with Crippen molar-refractivity contribution in [3.05, 3.63) is 82.7 Å². The smallest absolute Gasteiger partial charge is 0.250 e. The molecule has 2 aliphatic rings. The van der Waals surface area contributed by atoms with Gasteiger partial charge in [-0.25, -0.2) is 18.8 Å². The van der Waals surface area contributed by atoms with Gasteiger partial charge >= 0.3 is 0 Å². The lowest BCUT2D eigenvalue weighted by atomic mass is 9.98. The maximum atomic E-state index is 13.7. The molecule has 34 heavy (non-hydrogen) atoms. The number of halogens is 2. The molecule has 0 radical (unpaired) electrons. The molecule has 1 atom stereocenters. The molecule has 1 fully saturated rings. The molecule has 9 heteroatoms. The molecule has 0 saturated carbocycles. The highest BCUT2D eigenvalue weighted by Gasteiger charge is 2.33. The summed E-state index contributed by atoms with van der Waals surface area (Å²) in [5.41, 5.74) is 2.55. The number of fused-ring (bicyclic) bond motifs is 1. The first-order valence-electron chi connectivity index (χ1n) is 11.1. The van der Waals surface area contributed by atoms with Crippen LogP contribution in [0.5, 0.6) is 0 Å². The van der Waals surface area contributed by atoms with Crippen molar-refractivity contribution in [2.45, 2.75) is 12.5 Å². The minimum Gasteiger partial charge on any atom is -0.378 e. The van der Waals surface area contributed by atoms with Crippen molar-refractivity contribution in [3.8, 4) is 0 Å². The molecule has 0 bridgehead atoms. The Kier molecular flexibility index (Phi) is 5.43. The van der Waals surface area contributed by atoms with Gasteiger partial charge in [-0.15, -0.1) is 11.3 Å². The van der Waals surface area contributed by atoms with E-state index in [9.17, 15) is 8.78 Å². The molecule has 0 spiro atoms. The maximum absolute atomic E-state index is 13.7. The topological polar surface area (TPSA) is 53.9 Å². The van der Waals surface area contributed by atoms with Gasteiger partial charge in [0.05, 0.1) is 30.4 Å². The fourth-order valence-corrected chi connectivity index (χ4v) is 5.16. The predicted octanol–water partition coefficient (Wildman–Crippen LogP) is 5.16. The second kappa shape index (κ2) is 8.73. The van der Waals surface area contributed by atoms with E-state index in [4.69, 9.17) is 19.8 Å². The third-order valence-corrected chi connectivity index (χ3v) is 6.96. The molecule has 6 rings (SSSR count). The van der Waals surface area contributed by atoms with E-state index in [0.717, 1.165) is 46.0 Å². The summed E-state index contributed by atoms with van der Waals surface area (Å²) >= 11 is 1.56. The van der Waals surface area contributed by atoms with Crippen LogP contribution in [0.1, 0.15) is 23.6 Å². The second-order valence-corrected chi connectivity index (χ2v) is 9.15. The number of benzene rings is 2. The van der Waals surface area contributed by atoms with Gasteiger partial charge in [-0.3, -0.25) is 0 Å². The van der Waals surface area contributed by atoms with Crippen LogP contribution in [-0.4, -0.2) is 42.0 Å². The first kappa shape index (κ1) is 21.1. The Bertz CT molecular complexity index is 1350. The number of hydrogen-bond donors (Lipinski definition) is 0. The molecule has 0 N–H and O–H groups in total. The second-order valence-electron chi connectivity index (χ2n) is 8.26. The summed E-state index contributed by atoms with van der Waals surface area (Å²) in [4.78, 5) is 12.9. The lowest BCUT2D eigenvalue weighted by molar-refractivity contribution is 0.122. The molecule has 2 aliphatic heterocycles. The number of anilines is 2. The van der Waals surface area contributed by atoms with E-state index in [-0.39, 0.29) is 17.7 Å². The van der Waals surface area contributed by atoms with Crippen LogP contribution >= 0.6 is 11.3 Å². The minimum atomic E-state index is -0.295. The molecule has 1 unspecified atom stereocenters. The summed E-state index contributed by atoms with van der Waals surface area (Å²) in [6, 6.07) is 14.6. The molecule has 0 amide bonds. The van der Waals surface area contributed by atoms with Crippen LogP contribution in [0, 0.1) is 11.6 Å². The van der Waals surface area contributed by atoms with Crippen LogP contribution in [0.25, 0.3) is 10.2 Å². The predicted molar refractivity (Wildman–Crippen MR) is 130 cm³/mol. The maximum Gasteiger partial charge on any atom is 0.250 e. The van der Waals surface area contributed by atoms with Crippen LogP contribution in [0.3, 0.4) is 0 Å². The van der Waals surface area contributed by atoms with Crippen molar-refractivity contribution in [2.75, 3.05) is 36.2 Å². The first-order valence-corrected chi connectivity index (χ1v) is 12.0. The molecule has 2 aromatic carbocycles. The minimum absolute atomic E-state index is 0.212. The standard InChI is InChI=1S/C25H21F2N5OS/c26-18-5-1-16(2-6-18)21-15-22(17-3-7-19(27)8-4-17)32(30-21)25-28-23(31-10-12-33-13-11-31)20-9-14-34-24(20)29-25/h1-9,14,22H,10-13,15H2. The fourth-order valence-electron chi connectivity index (χ4n) is 4.40. The average Bonchev–Trinajstić information content (AvgIpc) is 3.52. The van der Waals surface area contributed by atoms with Crippen molar-refractivity contribution in [3.63, 3.8) is 0 Å². The van der Waals surface area contributed by atoms with Crippen molar-refractivity contribution in [1.82, 2.24) is 9.97 Å². The molecule has 4 aromatic rings. The van der Waals surface area contributed by atoms with Crippen molar-refractivity contribution >= 4 is 39.0 Å². The third-order valence-electron chi connectivity index (χ3n) is 6.15. The average molecular weight is 478 g/mol.